The minimum Gasteiger partial charge on any atom is -0.393 e. The summed E-state index contributed by atoms with van der Waals surface area (Å²) < 4.78 is 0. The van der Waals surface area contributed by atoms with Crippen LogP contribution in [0, 0.1) is 28.6 Å². The van der Waals surface area contributed by atoms with Crippen LogP contribution in [0.2, 0.25) is 0 Å². The van der Waals surface area contributed by atoms with Gasteiger partial charge in [-0.05, 0) is 67.8 Å². The number of rotatable bonds is 2. The summed E-state index contributed by atoms with van der Waals surface area (Å²) in [5, 5.41) is 31.7. The van der Waals surface area contributed by atoms with Crippen molar-refractivity contribution in [2.24, 2.45) is 28.6 Å². The topological polar surface area (TPSA) is 94.8 Å². The first kappa shape index (κ1) is 18.3. The lowest BCUT2D eigenvalue weighted by atomic mass is 9.45. The molecule has 3 saturated carbocycles. The van der Waals surface area contributed by atoms with Crippen molar-refractivity contribution in [3.8, 4) is 0 Å². The first-order valence-corrected chi connectivity index (χ1v) is 9.96. The van der Waals surface area contributed by atoms with E-state index in [2.05, 4.69) is 6.92 Å². The summed E-state index contributed by atoms with van der Waals surface area (Å²) in [6, 6.07) is 0. The number of fused-ring (bicyclic) bond motifs is 5. The Labute approximate surface area is 154 Å². The van der Waals surface area contributed by atoms with Gasteiger partial charge in [-0.15, -0.1) is 0 Å². The molecule has 3 fully saturated rings. The first-order valence-electron chi connectivity index (χ1n) is 9.96. The number of carbonyl (C=O) groups is 2. The molecule has 5 unspecified atom stereocenters. The van der Waals surface area contributed by atoms with Crippen molar-refractivity contribution in [1.29, 1.82) is 0 Å². The second kappa shape index (κ2) is 5.73. The van der Waals surface area contributed by atoms with E-state index >= 15 is 0 Å². The van der Waals surface area contributed by atoms with E-state index in [1.165, 1.54) is 5.57 Å². The molecule has 5 heteroatoms. The molecule has 5 nitrogen and oxygen atoms in total. The largest absolute Gasteiger partial charge is 0.393 e. The van der Waals surface area contributed by atoms with Gasteiger partial charge in [0, 0.05) is 11.8 Å². The summed E-state index contributed by atoms with van der Waals surface area (Å²) in [6.45, 7) is 3.46. The van der Waals surface area contributed by atoms with Gasteiger partial charge in [0.1, 0.15) is 12.2 Å². The van der Waals surface area contributed by atoms with Gasteiger partial charge < -0.3 is 15.3 Å². The number of hydrogen-bond acceptors (Lipinski definition) is 5. The Morgan fingerprint density at radius 1 is 1.23 bits per heavy atom. The van der Waals surface area contributed by atoms with Crippen molar-refractivity contribution in [1.82, 2.24) is 0 Å². The van der Waals surface area contributed by atoms with E-state index in [0.29, 0.717) is 19.3 Å². The fourth-order valence-electron chi connectivity index (χ4n) is 7.28. The van der Waals surface area contributed by atoms with Gasteiger partial charge in [0.05, 0.1) is 6.10 Å². The normalized spacial score (nSPS) is 50.5. The molecule has 0 spiro atoms. The number of carbonyl (C=O) groups excluding carboxylic acids is 2. The fourth-order valence-corrected chi connectivity index (χ4v) is 7.28. The summed E-state index contributed by atoms with van der Waals surface area (Å²) in [5.41, 5.74) is -1.23. The van der Waals surface area contributed by atoms with Crippen molar-refractivity contribution < 1.29 is 24.9 Å². The van der Waals surface area contributed by atoms with Crippen molar-refractivity contribution in [2.45, 2.75) is 70.5 Å². The van der Waals surface area contributed by atoms with E-state index in [4.69, 9.17) is 0 Å². The molecule has 0 radical (unpaired) electrons. The van der Waals surface area contributed by atoms with Crippen LogP contribution in [-0.2, 0) is 9.59 Å². The molecule has 0 aromatic carbocycles. The smallest absolute Gasteiger partial charge is 0.190 e. The zero-order valence-corrected chi connectivity index (χ0v) is 15.7. The average molecular weight is 362 g/mol. The van der Waals surface area contributed by atoms with Crippen molar-refractivity contribution >= 4 is 11.6 Å². The molecule has 26 heavy (non-hydrogen) atoms. The van der Waals surface area contributed by atoms with Gasteiger partial charge in [0.2, 0.25) is 0 Å². The number of allylic oxidation sites excluding steroid dienone is 1. The van der Waals surface area contributed by atoms with Gasteiger partial charge >= 0.3 is 0 Å². The third-order valence-corrected chi connectivity index (χ3v) is 8.65. The standard InChI is InChI=1S/C21H30O5/c1-19-7-5-13(23)9-12(19)3-4-14-15-6-8-21(26,17(25)11-22)20(15,2)10-16(24)18(14)19/h9,14-16,18,22,24,26H,3-8,10-11H2,1-2H3/t14?,15?,16?,18?,19-,20-,21?/m0/s1. The van der Waals surface area contributed by atoms with Gasteiger partial charge in [0.25, 0.3) is 0 Å². The molecule has 144 valence electrons. The van der Waals surface area contributed by atoms with Crippen LogP contribution in [0.4, 0.5) is 0 Å². The molecule has 0 saturated heterocycles. The molecule has 4 aliphatic rings. The van der Waals surface area contributed by atoms with Crippen LogP contribution in [0.1, 0.15) is 58.8 Å². The molecule has 0 bridgehead atoms. The van der Waals surface area contributed by atoms with E-state index in [1.54, 1.807) is 6.08 Å². The number of Topliss-reactive ketones (excluding diaryl/α,β-unsaturated/α-hetero) is 1. The molecule has 0 aromatic rings. The quantitative estimate of drug-likeness (QED) is 0.696. The van der Waals surface area contributed by atoms with Crippen LogP contribution < -0.4 is 0 Å². The highest BCUT2D eigenvalue weighted by molar-refractivity contribution is 5.91. The average Bonchev–Trinajstić information content (AvgIpc) is 2.86. The minimum absolute atomic E-state index is 0.0697. The highest BCUT2D eigenvalue weighted by atomic mass is 16.3. The van der Waals surface area contributed by atoms with E-state index in [9.17, 15) is 24.9 Å². The molecule has 0 amide bonds. The van der Waals surface area contributed by atoms with Crippen LogP contribution in [0.15, 0.2) is 11.6 Å². The van der Waals surface area contributed by atoms with Crippen LogP contribution in [0.25, 0.3) is 0 Å². The maximum atomic E-state index is 12.4. The Morgan fingerprint density at radius 2 is 1.96 bits per heavy atom. The highest BCUT2D eigenvalue weighted by Crippen LogP contribution is 2.67. The third kappa shape index (κ3) is 2.14. The summed E-state index contributed by atoms with van der Waals surface area (Å²) >= 11 is 0. The Kier molecular flexibility index (Phi) is 4.04. The zero-order valence-electron chi connectivity index (χ0n) is 15.7. The molecule has 0 heterocycles. The molecule has 0 aromatic heterocycles. The predicted molar refractivity (Wildman–Crippen MR) is 95.1 cm³/mol. The molecule has 0 aliphatic heterocycles. The Balaban J connectivity index is 1.74. The van der Waals surface area contributed by atoms with E-state index < -0.39 is 29.5 Å². The SMILES string of the molecule is C[C@]12CCC(=O)C=C1CCC1C2C(O)C[C@@]2(C)C1CCC2(O)C(=O)CO. The fraction of sp³-hybridized carbons (Fsp3) is 0.810. The van der Waals surface area contributed by atoms with Crippen LogP contribution in [-0.4, -0.2) is 45.2 Å². The number of aliphatic hydroxyl groups is 3. The number of hydrogen-bond donors (Lipinski definition) is 3. The van der Waals surface area contributed by atoms with E-state index in [-0.39, 0.29) is 29.0 Å². The maximum Gasteiger partial charge on any atom is 0.190 e. The van der Waals surface area contributed by atoms with Gasteiger partial charge in [-0.2, -0.15) is 0 Å². The van der Waals surface area contributed by atoms with Gasteiger partial charge in [-0.1, -0.05) is 19.4 Å². The second-order valence-electron chi connectivity index (χ2n) is 9.56. The zero-order chi connectivity index (χ0) is 18.9. The van der Waals surface area contributed by atoms with E-state index in [1.807, 2.05) is 6.92 Å². The van der Waals surface area contributed by atoms with Gasteiger partial charge in [-0.3, -0.25) is 9.59 Å². The van der Waals surface area contributed by atoms with Crippen molar-refractivity contribution in [2.75, 3.05) is 6.61 Å². The third-order valence-electron chi connectivity index (χ3n) is 8.65. The van der Waals surface area contributed by atoms with Gasteiger partial charge in [0.15, 0.2) is 11.6 Å². The van der Waals surface area contributed by atoms with Crippen LogP contribution in [0.5, 0.6) is 0 Å². The number of aliphatic hydroxyl groups excluding tert-OH is 2. The van der Waals surface area contributed by atoms with Gasteiger partial charge in [-0.25, -0.2) is 0 Å². The summed E-state index contributed by atoms with van der Waals surface area (Å²) in [5.74, 6) is 0.140. The summed E-state index contributed by atoms with van der Waals surface area (Å²) in [6.07, 6.45) is 5.74. The Morgan fingerprint density at radius 3 is 2.65 bits per heavy atom. The summed E-state index contributed by atoms with van der Waals surface area (Å²) in [7, 11) is 0. The lowest BCUT2D eigenvalue weighted by molar-refractivity contribution is -0.182. The van der Waals surface area contributed by atoms with E-state index in [0.717, 1.165) is 25.7 Å². The molecule has 4 aliphatic carbocycles. The summed E-state index contributed by atoms with van der Waals surface area (Å²) in [4.78, 5) is 24.3. The monoisotopic (exact) mass is 362 g/mol. The highest BCUT2D eigenvalue weighted by Gasteiger charge is 2.68. The molecule has 3 N–H and O–H groups in total. The van der Waals surface area contributed by atoms with Crippen LogP contribution >= 0.6 is 0 Å². The predicted octanol–water partition coefficient (Wildman–Crippen LogP) is 1.78. The van der Waals surface area contributed by atoms with Crippen LogP contribution in [0.3, 0.4) is 0 Å². The Hall–Kier alpha value is -1.04. The number of ketones is 2. The lowest BCUT2D eigenvalue weighted by Crippen LogP contribution is -2.62. The first-order chi connectivity index (χ1) is 12.2. The molecule has 4 rings (SSSR count). The molecular weight excluding hydrogens is 332 g/mol. The lowest BCUT2D eigenvalue weighted by Gasteiger charge is -2.60. The molecular formula is C21H30O5. The van der Waals surface area contributed by atoms with Crippen molar-refractivity contribution in [3.05, 3.63) is 11.6 Å². The maximum absolute atomic E-state index is 12.4. The minimum atomic E-state index is -1.54. The Bertz CT molecular complexity index is 684. The van der Waals surface area contributed by atoms with Crippen molar-refractivity contribution in [3.63, 3.8) is 0 Å². The molecule has 7 atom stereocenters. The second-order valence-corrected chi connectivity index (χ2v) is 9.56.